The van der Waals surface area contributed by atoms with E-state index in [2.05, 4.69) is 16.3 Å². The van der Waals surface area contributed by atoms with E-state index in [0.717, 1.165) is 31.6 Å². The molecule has 2 atom stereocenters. The maximum atomic E-state index is 13.0. The maximum absolute atomic E-state index is 13.0. The third-order valence-corrected chi connectivity index (χ3v) is 6.52. The zero-order valence-electron chi connectivity index (χ0n) is 15.5. The molecule has 0 bridgehead atoms. The molecule has 4 heterocycles. The van der Waals surface area contributed by atoms with Gasteiger partial charge in [-0.1, -0.05) is 12.1 Å². The van der Waals surface area contributed by atoms with Crippen LogP contribution in [0.25, 0.3) is 0 Å². The molecule has 0 aromatic heterocycles. The van der Waals surface area contributed by atoms with Crippen molar-refractivity contribution in [2.24, 2.45) is 0 Å². The third kappa shape index (κ3) is 2.10. The summed E-state index contributed by atoms with van der Waals surface area (Å²) in [6.45, 7) is 4.07. The van der Waals surface area contributed by atoms with Crippen LogP contribution < -0.4 is 15.1 Å². The van der Waals surface area contributed by atoms with Crippen LogP contribution in [0.4, 0.5) is 11.4 Å². The Labute approximate surface area is 163 Å². The van der Waals surface area contributed by atoms with Crippen LogP contribution in [0.2, 0.25) is 0 Å². The van der Waals surface area contributed by atoms with Gasteiger partial charge in [-0.05, 0) is 42.8 Å². The molecule has 142 valence electrons. The Bertz CT molecular complexity index is 983. The highest BCUT2D eigenvalue weighted by molar-refractivity contribution is 6.34. The predicted molar refractivity (Wildman–Crippen MR) is 105 cm³/mol. The number of nitrogens with zero attached hydrogens (tertiary/aromatic N) is 2. The summed E-state index contributed by atoms with van der Waals surface area (Å²) in [5.74, 6) is -0.0957. The molecule has 0 radical (unpaired) electrons. The molecular formula is C22H21N3O3. The Morgan fingerprint density at radius 1 is 1.07 bits per heavy atom. The van der Waals surface area contributed by atoms with Gasteiger partial charge in [0.25, 0.3) is 11.8 Å². The van der Waals surface area contributed by atoms with Crippen molar-refractivity contribution in [1.82, 2.24) is 5.32 Å². The van der Waals surface area contributed by atoms with Crippen LogP contribution in [-0.4, -0.2) is 44.1 Å². The summed E-state index contributed by atoms with van der Waals surface area (Å²) in [5, 5.41) is 3.51. The maximum Gasteiger partial charge on any atom is 0.266 e. The lowest BCUT2D eigenvalue weighted by Gasteiger charge is -2.33. The summed E-state index contributed by atoms with van der Waals surface area (Å²) in [5.41, 5.74) is 5.21. The van der Waals surface area contributed by atoms with Crippen molar-refractivity contribution in [2.75, 3.05) is 36.0 Å². The number of hydrogen-bond acceptors (Lipinski definition) is 5. The summed E-state index contributed by atoms with van der Waals surface area (Å²) in [7, 11) is 0. The fourth-order valence-corrected chi connectivity index (χ4v) is 5.32. The van der Waals surface area contributed by atoms with E-state index in [9.17, 15) is 9.59 Å². The molecule has 6 rings (SSSR count). The number of imide groups is 1. The van der Waals surface area contributed by atoms with Crippen molar-refractivity contribution in [3.8, 4) is 0 Å². The normalized spacial score (nSPS) is 25.4. The number of benzene rings is 2. The first-order valence-electron chi connectivity index (χ1n) is 9.94. The quantitative estimate of drug-likeness (QED) is 0.775. The minimum atomic E-state index is -0.240. The Morgan fingerprint density at radius 2 is 1.86 bits per heavy atom. The van der Waals surface area contributed by atoms with Gasteiger partial charge < -0.3 is 15.0 Å². The van der Waals surface area contributed by atoms with Gasteiger partial charge >= 0.3 is 0 Å². The smallest absolute Gasteiger partial charge is 0.266 e. The van der Waals surface area contributed by atoms with E-state index < -0.39 is 0 Å². The zero-order chi connectivity index (χ0) is 18.8. The summed E-state index contributed by atoms with van der Waals surface area (Å²) in [4.78, 5) is 29.8. The molecule has 6 heteroatoms. The first-order chi connectivity index (χ1) is 13.7. The second-order valence-corrected chi connectivity index (χ2v) is 7.95. The summed E-state index contributed by atoms with van der Waals surface area (Å²) in [6.07, 6.45) is 1.10. The lowest BCUT2D eigenvalue weighted by atomic mass is 9.89. The number of fused-ring (bicyclic) bond motifs is 4. The number of carbonyl (C=O) groups is 2. The number of ether oxygens (including phenoxy) is 1. The largest absolute Gasteiger partial charge is 0.375 e. The minimum absolute atomic E-state index is 0.240. The summed E-state index contributed by atoms with van der Waals surface area (Å²) in [6, 6.07) is 11.6. The molecule has 28 heavy (non-hydrogen) atoms. The average molecular weight is 375 g/mol. The third-order valence-electron chi connectivity index (χ3n) is 6.52. The number of amides is 2. The fourth-order valence-electron chi connectivity index (χ4n) is 5.32. The highest BCUT2D eigenvalue weighted by Gasteiger charge is 2.43. The van der Waals surface area contributed by atoms with Crippen molar-refractivity contribution in [2.45, 2.75) is 25.0 Å². The van der Waals surface area contributed by atoms with Crippen LogP contribution in [0.15, 0.2) is 36.4 Å². The second-order valence-electron chi connectivity index (χ2n) is 7.95. The first-order valence-corrected chi connectivity index (χ1v) is 9.94. The van der Waals surface area contributed by atoms with E-state index in [1.54, 1.807) is 24.3 Å². The Morgan fingerprint density at radius 3 is 2.64 bits per heavy atom. The second kappa shape index (κ2) is 5.90. The van der Waals surface area contributed by atoms with Crippen molar-refractivity contribution < 1.29 is 14.3 Å². The number of anilines is 2. The van der Waals surface area contributed by atoms with E-state index in [1.807, 2.05) is 6.07 Å². The van der Waals surface area contributed by atoms with E-state index >= 15 is 0 Å². The van der Waals surface area contributed by atoms with Crippen LogP contribution in [0.1, 0.15) is 44.2 Å². The van der Waals surface area contributed by atoms with Crippen molar-refractivity contribution >= 4 is 23.2 Å². The van der Waals surface area contributed by atoms with Gasteiger partial charge in [0.05, 0.1) is 30.0 Å². The summed E-state index contributed by atoms with van der Waals surface area (Å²) >= 11 is 0. The molecule has 1 fully saturated rings. The first kappa shape index (κ1) is 16.3. The lowest BCUT2D eigenvalue weighted by molar-refractivity contribution is 0.0926. The number of piperidine rings is 1. The van der Waals surface area contributed by atoms with Gasteiger partial charge in [0.2, 0.25) is 0 Å². The van der Waals surface area contributed by atoms with E-state index in [4.69, 9.17) is 4.74 Å². The lowest BCUT2D eigenvalue weighted by Crippen LogP contribution is -2.45. The molecule has 0 spiro atoms. The molecule has 1 N–H and O–H groups in total. The van der Waals surface area contributed by atoms with Gasteiger partial charge in [0.15, 0.2) is 0 Å². The molecule has 4 aliphatic rings. The Balaban J connectivity index is 1.50. The van der Waals surface area contributed by atoms with Gasteiger partial charge in [0.1, 0.15) is 0 Å². The zero-order valence-corrected chi connectivity index (χ0v) is 15.5. The van der Waals surface area contributed by atoms with Gasteiger partial charge in [-0.2, -0.15) is 0 Å². The SMILES string of the molecule is O=C1c2ccccc2C(=O)N1c1cc2c3c(c1)[C@@H]1CNCC[C@@H]1N3CCOC2. The van der Waals surface area contributed by atoms with Gasteiger partial charge in [-0.25, -0.2) is 4.90 Å². The molecule has 2 aromatic rings. The van der Waals surface area contributed by atoms with Crippen LogP contribution >= 0.6 is 0 Å². The van der Waals surface area contributed by atoms with Gasteiger partial charge in [-0.15, -0.1) is 0 Å². The topological polar surface area (TPSA) is 61.9 Å². The fraction of sp³-hybridized carbons (Fsp3) is 0.364. The molecule has 2 amide bonds. The van der Waals surface area contributed by atoms with E-state index in [1.165, 1.54) is 16.2 Å². The molecule has 0 unspecified atom stereocenters. The molecular weight excluding hydrogens is 354 g/mol. The van der Waals surface area contributed by atoms with E-state index in [-0.39, 0.29) is 11.8 Å². The highest BCUT2D eigenvalue weighted by Crippen LogP contribution is 2.48. The van der Waals surface area contributed by atoms with Gasteiger partial charge in [-0.3, -0.25) is 9.59 Å². The molecule has 1 saturated heterocycles. The molecule has 4 aliphatic heterocycles. The van der Waals surface area contributed by atoms with Crippen molar-refractivity contribution in [3.63, 3.8) is 0 Å². The number of carbonyl (C=O) groups excluding carboxylic acids is 2. The standard InChI is InChI=1S/C22H21N3O3/c26-21-15-3-1-2-4-16(15)22(27)25(21)14-9-13-12-28-8-7-24-19-5-6-23-11-18(19)17(10-14)20(13)24/h1-4,9-10,18-19,23H,5-8,11-12H2/t18-,19-/m0/s1. The Kier molecular flexibility index (Phi) is 3.43. The van der Waals surface area contributed by atoms with Crippen LogP contribution in [0.5, 0.6) is 0 Å². The molecule has 6 nitrogen and oxygen atoms in total. The number of rotatable bonds is 1. The van der Waals surface area contributed by atoms with E-state index in [0.29, 0.717) is 42.0 Å². The van der Waals surface area contributed by atoms with Crippen molar-refractivity contribution in [3.05, 3.63) is 58.7 Å². The van der Waals surface area contributed by atoms with Gasteiger partial charge in [0, 0.05) is 36.3 Å². The summed E-state index contributed by atoms with van der Waals surface area (Å²) < 4.78 is 5.85. The monoisotopic (exact) mass is 375 g/mol. The predicted octanol–water partition coefficient (Wildman–Crippen LogP) is 2.28. The number of hydrogen-bond donors (Lipinski definition) is 1. The molecule has 2 aromatic carbocycles. The minimum Gasteiger partial charge on any atom is -0.375 e. The highest BCUT2D eigenvalue weighted by atomic mass is 16.5. The Hall–Kier alpha value is -2.70. The van der Waals surface area contributed by atoms with Crippen LogP contribution in [-0.2, 0) is 11.3 Å². The van der Waals surface area contributed by atoms with Crippen LogP contribution in [0.3, 0.4) is 0 Å². The average Bonchev–Trinajstić information content (AvgIpc) is 3.06. The number of nitrogens with one attached hydrogen (secondary N) is 1. The van der Waals surface area contributed by atoms with Crippen molar-refractivity contribution in [1.29, 1.82) is 0 Å². The molecule has 0 saturated carbocycles. The van der Waals surface area contributed by atoms with Crippen LogP contribution in [0, 0.1) is 0 Å². The molecule has 0 aliphatic carbocycles.